The van der Waals surface area contributed by atoms with E-state index in [0.717, 1.165) is 26.1 Å². The second-order valence-electron chi connectivity index (χ2n) is 4.90. The summed E-state index contributed by atoms with van der Waals surface area (Å²) in [6.45, 7) is 5.13. The molecular formula is C14H19N3S. The zero-order valence-corrected chi connectivity index (χ0v) is 11.6. The quantitative estimate of drug-likeness (QED) is 0.917. The number of aromatic nitrogens is 2. The molecule has 96 valence electrons. The van der Waals surface area contributed by atoms with Crippen molar-refractivity contribution in [3.63, 3.8) is 0 Å². The Morgan fingerprint density at radius 3 is 3.11 bits per heavy atom. The Kier molecular flexibility index (Phi) is 3.48. The van der Waals surface area contributed by atoms with Gasteiger partial charge in [0.2, 0.25) is 0 Å². The minimum absolute atomic E-state index is 0.870. The van der Waals surface area contributed by atoms with Crippen LogP contribution in [0.15, 0.2) is 17.6 Å². The fourth-order valence-corrected chi connectivity index (χ4v) is 3.20. The first-order chi connectivity index (χ1) is 8.83. The molecule has 0 fully saturated rings. The zero-order valence-electron chi connectivity index (χ0n) is 10.8. The number of nitrogens with zero attached hydrogens (tertiary/aromatic N) is 2. The number of hydrogen-bond acceptors (Lipinski definition) is 3. The van der Waals surface area contributed by atoms with Gasteiger partial charge in [0.15, 0.2) is 0 Å². The van der Waals surface area contributed by atoms with Crippen molar-refractivity contribution in [3.8, 4) is 0 Å². The van der Waals surface area contributed by atoms with Crippen LogP contribution in [-0.4, -0.2) is 9.55 Å². The minimum atomic E-state index is 0.870. The van der Waals surface area contributed by atoms with E-state index in [-0.39, 0.29) is 0 Å². The number of hydrogen-bond donors (Lipinski definition) is 1. The van der Waals surface area contributed by atoms with Gasteiger partial charge in [-0.3, -0.25) is 0 Å². The van der Waals surface area contributed by atoms with Crippen molar-refractivity contribution >= 4 is 11.3 Å². The van der Waals surface area contributed by atoms with Crippen molar-refractivity contribution in [2.75, 3.05) is 0 Å². The van der Waals surface area contributed by atoms with Crippen LogP contribution in [0.1, 0.15) is 34.8 Å². The molecule has 0 unspecified atom stereocenters. The summed E-state index contributed by atoms with van der Waals surface area (Å²) in [5, 5.41) is 5.64. The molecule has 0 saturated heterocycles. The Balaban J connectivity index is 1.57. The molecule has 2 aromatic heterocycles. The van der Waals surface area contributed by atoms with E-state index in [1.54, 1.807) is 0 Å². The molecule has 1 aliphatic rings. The molecule has 3 heterocycles. The van der Waals surface area contributed by atoms with E-state index in [2.05, 4.69) is 34.5 Å². The molecule has 18 heavy (non-hydrogen) atoms. The van der Waals surface area contributed by atoms with Gasteiger partial charge in [0.1, 0.15) is 5.82 Å². The first-order valence-corrected chi connectivity index (χ1v) is 7.49. The number of imidazole rings is 1. The van der Waals surface area contributed by atoms with Crippen molar-refractivity contribution in [3.05, 3.63) is 39.6 Å². The number of fused-ring (bicyclic) bond motifs is 1. The summed E-state index contributed by atoms with van der Waals surface area (Å²) in [4.78, 5) is 6.10. The van der Waals surface area contributed by atoms with Crippen LogP contribution in [0.2, 0.25) is 0 Å². The molecule has 0 aliphatic carbocycles. The average molecular weight is 261 g/mol. The van der Waals surface area contributed by atoms with Gasteiger partial charge in [0.25, 0.3) is 0 Å². The lowest BCUT2D eigenvalue weighted by Crippen LogP contribution is -2.13. The second-order valence-corrected chi connectivity index (χ2v) is 6.02. The molecule has 0 spiro atoms. The first kappa shape index (κ1) is 11.9. The third-order valence-electron chi connectivity index (χ3n) is 3.55. The summed E-state index contributed by atoms with van der Waals surface area (Å²) in [6.07, 6.45) is 5.94. The maximum atomic E-state index is 4.70. The van der Waals surface area contributed by atoms with E-state index in [4.69, 9.17) is 4.98 Å². The molecule has 0 radical (unpaired) electrons. The Morgan fingerprint density at radius 1 is 1.39 bits per heavy atom. The van der Waals surface area contributed by atoms with Crippen molar-refractivity contribution in [1.29, 1.82) is 0 Å². The normalized spacial score (nSPS) is 14.7. The molecule has 3 nitrogen and oxygen atoms in total. The van der Waals surface area contributed by atoms with Gasteiger partial charge in [-0.2, -0.15) is 0 Å². The molecule has 0 saturated carbocycles. The largest absolute Gasteiger partial charge is 0.335 e. The van der Waals surface area contributed by atoms with Gasteiger partial charge in [0, 0.05) is 37.1 Å². The average Bonchev–Trinajstić information content (AvgIpc) is 2.96. The first-order valence-electron chi connectivity index (χ1n) is 6.61. The van der Waals surface area contributed by atoms with Gasteiger partial charge in [-0.1, -0.05) is 0 Å². The van der Waals surface area contributed by atoms with Gasteiger partial charge in [-0.05, 0) is 36.8 Å². The standard InChI is InChI=1S/C14H19N3S/c1-11-12(5-7-18-11)8-15-9-13-10-17-6-3-2-4-14(17)16-13/h5,7,10,15H,2-4,6,8-9H2,1H3. The summed E-state index contributed by atoms with van der Waals surface area (Å²) in [5.74, 6) is 1.27. The van der Waals surface area contributed by atoms with Gasteiger partial charge in [-0.25, -0.2) is 4.98 Å². The van der Waals surface area contributed by atoms with E-state index < -0.39 is 0 Å². The highest BCUT2D eigenvalue weighted by atomic mass is 32.1. The maximum Gasteiger partial charge on any atom is 0.109 e. The van der Waals surface area contributed by atoms with Crippen molar-refractivity contribution < 1.29 is 0 Å². The van der Waals surface area contributed by atoms with E-state index in [1.807, 2.05) is 11.3 Å². The summed E-state index contributed by atoms with van der Waals surface area (Å²) >= 11 is 1.81. The predicted octanol–water partition coefficient (Wildman–Crippen LogP) is 2.88. The molecule has 2 aromatic rings. The van der Waals surface area contributed by atoms with Gasteiger partial charge in [0.05, 0.1) is 5.69 Å². The molecule has 1 N–H and O–H groups in total. The smallest absolute Gasteiger partial charge is 0.109 e. The highest BCUT2D eigenvalue weighted by molar-refractivity contribution is 7.10. The SMILES string of the molecule is Cc1sccc1CNCc1cn2c(n1)CCCC2. The van der Waals surface area contributed by atoms with Crippen LogP contribution in [0.4, 0.5) is 0 Å². The Bertz CT molecular complexity index is 503. The molecule has 0 amide bonds. The Morgan fingerprint density at radius 2 is 2.33 bits per heavy atom. The lowest BCUT2D eigenvalue weighted by molar-refractivity contribution is 0.522. The van der Waals surface area contributed by atoms with Crippen molar-refractivity contribution in [1.82, 2.24) is 14.9 Å². The Labute approximate surface area is 112 Å². The maximum absolute atomic E-state index is 4.70. The summed E-state index contributed by atoms with van der Waals surface area (Å²) < 4.78 is 2.32. The van der Waals surface area contributed by atoms with Crippen LogP contribution in [-0.2, 0) is 26.1 Å². The number of rotatable bonds is 4. The lowest BCUT2D eigenvalue weighted by atomic mass is 10.2. The van der Waals surface area contributed by atoms with Crippen LogP contribution >= 0.6 is 11.3 Å². The fourth-order valence-electron chi connectivity index (χ4n) is 2.48. The van der Waals surface area contributed by atoms with Crippen LogP contribution in [0.25, 0.3) is 0 Å². The van der Waals surface area contributed by atoms with Crippen LogP contribution in [0.3, 0.4) is 0 Å². The van der Waals surface area contributed by atoms with Crippen molar-refractivity contribution in [2.45, 2.75) is 45.8 Å². The monoisotopic (exact) mass is 261 g/mol. The number of nitrogens with one attached hydrogen (secondary N) is 1. The van der Waals surface area contributed by atoms with E-state index in [0.29, 0.717) is 0 Å². The third kappa shape index (κ3) is 2.49. The zero-order chi connectivity index (χ0) is 12.4. The highest BCUT2D eigenvalue weighted by Crippen LogP contribution is 2.16. The summed E-state index contributed by atoms with van der Waals surface area (Å²) in [7, 11) is 0. The topological polar surface area (TPSA) is 29.9 Å². The van der Waals surface area contributed by atoms with Gasteiger partial charge >= 0.3 is 0 Å². The molecule has 3 rings (SSSR count). The van der Waals surface area contributed by atoms with Crippen LogP contribution in [0.5, 0.6) is 0 Å². The van der Waals surface area contributed by atoms with E-state index >= 15 is 0 Å². The molecular weight excluding hydrogens is 242 g/mol. The minimum Gasteiger partial charge on any atom is -0.335 e. The highest BCUT2D eigenvalue weighted by Gasteiger charge is 2.11. The molecule has 0 aromatic carbocycles. The molecule has 0 bridgehead atoms. The molecule has 0 atom stereocenters. The summed E-state index contributed by atoms with van der Waals surface area (Å²) in [6, 6.07) is 2.20. The van der Waals surface area contributed by atoms with Gasteiger partial charge < -0.3 is 9.88 Å². The number of aryl methyl sites for hydroxylation is 3. The van der Waals surface area contributed by atoms with Crippen molar-refractivity contribution in [2.24, 2.45) is 0 Å². The molecule has 4 heteroatoms. The second kappa shape index (κ2) is 5.24. The predicted molar refractivity (Wildman–Crippen MR) is 74.8 cm³/mol. The molecule has 1 aliphatic heterocycles. The van der Waals surface area contributed by atoms with E-state index in [9.17, 15) is 0 Å². The van der Waals surface area contributed by atoms with Crippen LogP contribution < -0.4 is 5.32 Å². The van der Waals surface area contributed by atoms with Gasteiger partial charge in [-0.15, -0.1) is 11.3 Å². The fraction of sp³-hybridized carbons (Fsp3) is 0.500. The number of thiophene rings is 1. The lowest BCUT2D eigenvalue weighted by Gasteiger charge is -2.11. The van der Waals surface area contributed by atoms with Crippen LogP contribution in [0, 0.1) is 6.92 Å². The Hall–Kier alpha value is -1.13. The summed E-state index contributed by atoms with van der Waals surface area (Å²) in [5.41, 5.74) is 2.59. The third-order valence-corrected chi connectivity index (χ3v) is 4.43. The van der Waals surface area contributed by atoms with E-state index in [1.165, 1.54) is 34.8 Å².